The molecule has 0 aliphatic rings. The topological polar surface area (TPSA) is 37.8 Å². The third-order valence-corrected chi connectivity index (χ3v) is 3.19. The molecule has 0 bridgehead atoms. The molecule has 0 radical (unpaired) electrons. The largest absolute Gasteiger partial charge is 0.366 e. The maximum Gasteiger partial charge on any atom is 0.134 e. The number of rotatable bonds is 3. The summed E-state index contributed by atoms with van der Waals surface area (Å²) in [7, 11) is 0. The van der Waals surface area contributed by atoms with Crippen LogP contribution in [0.2, 0.25) is 5.15 Å². The fourth-order valence-corrected chi connectivity index (χ4v) is 2.10. The molecule has 2 rings (SSSR count). The lowest BCUT2D eigenvalue weighted by molar-refractivity contribution is 1.02. The van der Waals surface area contributed by atoms with E-state index in [0.29, 0.717) is 17.5 Å². The van der Waals surface area contributed by atoms with Crippen LogP contribution in [0, 0.1) is 6.92 Å². The molecule has 0 unspecified atom stereocenters. The predicted octanol–water partition coefficient (Wildman–Crippen LogP) is 3.81. The Hall–Kier alpha value is -1.13. The van der Waals surface area contributed by atoms with Crippen molar-refractivity contribution in [1.82, 2.24) is 9.97 Å². The number of aryl methyl sites for hydroxylation is 1. The highest BCUT2D eigenvalue weighted by molar-refractivity contribution is 9.10. The monoisotopic (exact) mass is 311 g/mol. The van der Waals surface area contributed by atoms with E-state index in [1.165, 1.54) is 5.56 Å². The van der Waals surface area contributed by atoms with Crippen LogP contribution in [0.4, 0.5) is 5.82 Å². The number of anilines is 1. The molecule has 2 aromatic rings. The molecule has 1 aromatic heterocycles. The van der Waals surface area contributed by atoms with Crippen LogP contribution < -0.4 is 5.32 Å². The first-order valence-electron chi connectivity index (χ1n) is 5.13. The Bertz CT molecular complexity index is 511. The third kappa shape index (κ3) is 3.41. The summed E-state index contributed by atoms with van der Waals surface area (Å²) < 4.78 is 1.07. The molecule has 0 aliphatic carbocycles. The normalized spacial score (nSPS) is 10.3. The Morgan fingerprint density at radius 3 is 2.76 bits per heavy atom. The van der Waals surface area contributed by atoms with E-state index in [0.717, 1.165) is 10.3 Å². The number of nitrogens with zero attached hydrogens (tertiary/aromatic N) is 2. The van der Waals surface area contributed by atoms with Crippen LogP contribution in [0.15, 0.2) is 34.8 Å². The van der Waals surface area contributed by atoms with Gasteiger partial charge in [0.15, 0.2) is 0 Å². The molecule has 5 heteroatoms. The molecular formula is C12H11BrClN3. The standard InChI is InChI=1S/C12H11BrClN3/c1-8-16-11(14)6-12(17-8)15-7-9-4-2-3-5-10(9)13/h2-6H,7H2,1H3,(H,15,16,17). The van der Waals surface area contributed by atoms with Crippen LogP contribution in [0.25, 0.3) is 0 Å². The number of benzene rings is 1. The van der Waals surface area contributed by atoms with Crippen molar-refractivity contribution in [2.75, 3.05) is 5.32 Å². The molecule has 0 spiro atoms. The van der Waals surface area contributed by atoms with E-state index < -0.39 is 0 Å². The van der Waals surface area contributed by atoms with E-state index in [2.05, 4.69) is 31.2 Å². The average molecular weight is 313 g/mol. The van der Waals surface area contributed by atoms with Gasteiger partial charge in [0, 0.05) is 17.1 Å². The second kappa shape index (κ2) is 5.47. The summed E-state index contributed by atoms with van der Waals surface area (Å²) >= 11 is 9.36. The van der Waals surface area contributed by atoms with E-state index >= 15 is 0 Å². The lowest BCUT2D eigenvalue weighted by Crippen LogP contribution is -2.03. The molecule has 0 amide bonds. The van der Waals surface area contributed by atoms with Crippen molar-refractivity contribution < 1.29 is 0 Å². The van der Waals surface area contributed by atoms with Gasteiger partial charge in [-0.3, -0.25) is 0 Å². The van der Waals surface area contributed by atoms with Gasteiger partial charge in [0.1, 0.15) is 16.8 Å². The summed E-state index contributed by atoms with van der Waals surface area (Å²) in [5.41, 5.74) is 1.17. The molecule has 3 nitrogen and oxygen atoms in total. The van der Waals surface area contributed by atoms with E-state index in [1.54, 1.807) is 6.07 Å². The summed E-state index contributed by atoms with van der Waals surface area (Å²) in [5, 5.41) is 3.67. The lowest BCUT2D eigenvalue weighted by Gasteiger charge is -2.08. The third-order valence-electron chi connectivity index (χ3n) is 2.22. The van der Waals surface area contributed by atoms with Gasteiger partial charge in [-0.25, -0.2) is 9.97 Å². The molecule has 17 heavy (non-hydrogen) atoms. The minimum Gasteiger partial charge on any atom is -0.366 e. The van der Waals surface area contributed by atoms with Gasteiger partial charge in [0.25, 0.3) is 0 Å². The fourth-order valence-electron chi connectivity index (χ4n) is 1.45. The van der Waals surface area contributed by atoms with Gasteiger partial charge in [-0.2, -0.15) is 0 Å². The zero-order valence-electron chi connectivity index (χ0n) is 9.24. The second-order valence-corrected chi connectivity index (χ2v) is 4.81. The van der Waals surface area contributed by atoms with Gasteiger partial charge < -0.3 is 5.32 Å². The smallest absolute Gasteiger partial charge is 0.134 e. The van der Waals surface area contributed by atoms with Crippen molar-refractivity contribution in [3.05, 3.63) is 51.3 Å². The Labute approximate surface area is 113 Å². The number of hydrogen-bond donors (Lipinski definition) is 1. The van der Waals surface area contributed by atoms with E-state index in [9.17, 15) is 0 Å². The highest BCUT2D eigenvalue weighted by Crippen LogP contribution is 2.18. The number of aromatic nitrogens is 2. The maximum absolute atomic E-state index is 5.86. The van der Waals surface area contributed by atoms with E-state index in [4.69, 9.17) is 11.6 Å². The molecule has 0 saturated heterocycles. The van der Waals surface area contributed by atoms with Gasteiger partial charge in [0.05, 0.1) is 0 Å². The molecule has 88 valence electrons. The van der Waals surface area contributed by atoms with Gasteiger partial charge in [-0.05, 0) is 18.6 Å². The minimum absolute atomic E-state index is 0.451. The Balaban J connectivity index is 2.10. The van der Waals surface area contributed by atoms with Crippen molar-refractivity contribution in [3.8, 4) is 0 Å². The fraction of sp³-hybridized carbons (Fsp3) is 0.167. The van der Waals surface area contributed by atoms with Crippen LogP contribution in [-0.2, 0) is 6.54 Å². The van der Waals surface area contributed by atoms with E-state index in [1.807, 2.05) is 31.2 Å². The minimum atomic E-state index is 0.451. The molecule has 1 N–H and O–H groups in total. The van der Waals surface area contributed by atoms with Crippen molar-refractivity contribution in [2.24, 2.45) is 0 Å². The second-order valence-electron chi connectivity index (χ2n) is 3.57. The van der Waals surface area contributed by atoms with Crippen molar-refractivity contribution >= 4 is 33.3 Å². The number of nitrogens with one attached hydrogen (secondary N) is 1. The van der Waals surface area contributed by atoms with Gasteiger partial charge in [0.2, 0.25) is 0 Å². The van der Waals surface area contributed by atoms with Crippen LogP contribution in [-0.4, -0.2) is 9.97 Å². The highest BCUT2D eigenvalue weighted by atomic mass is 79.9. The van der Waals surface area contributed by atoms with Gasteiger partial charge in [-0.15, -0.1) is 0 Å². The molecular weight excluding hydrogens is 302 g/mol. The Kier molecular flexibility index (Phi) is 3.97. The van der Waals surface area contributed by atoms with Crippen molar-refractivity contribution in [1.29, 1.82) is 0 Å². The molecule has 0 atom stereocenters. The van der Waals surface area contributed by atoms with Gasteiger partial charge >= 0.3 is 0 Å². The zero-order chi connectivity index (χ0) is 12.3. The molecule has 0 saturated carbocycles. The average Bonchev–Trinajstić information content (AvgIpc) is 2.27. The Morgan fingerprint density at radius 1 is 1.29 bits per heavy atom. The number of hydrogen-bond acceptors (Lipinski definition) is 3. The summed E-state index contributed by atoms with van der Waals surface area (Å²) in [5.74, 6) is 1.39. The van der Waals surface area contributed by atoms with Gasteiger partial charge in [-0.1, -0.05) is 45.7 Å². The quantitative estimate of drug-likeness (QED) is 0.876. The van der Waals surface area contributed by atoms with Crippen LogP contribution >= 0.6 is 27.5 Å². The van der Waals surface area contributed by atoms with E-state index in [-0.39, 0.29) is 0 Å². The number of halogens is 2. The zero-order valence-corrected chi connectivity index (χ0v) is 11.6. The molecule has 1 heterocycles. The van der Waals surface area contributed by atoms with Crippen LogP contribution in [0.5, 0.6) is 0 Å². The lowest BCUT2D eigenvalue weighted by atomic mass is 10.2. The first-order valence-corrected chi connectivity index (χ1v) is 6.31. The first kappa shape index (κ1) is 12.3. The maximum atomic E-state index is 5.86. The van der Waals surface area contributed by atoms with Crippen molar-refractivity contribution in [2.45, 2.75) is 13.5 Å². The molecule has 0 fully saturated rings. The summed E-state index contributed by atoms with van der Waals surface area (Å²) in [6.07, 6.45) is 0. The predicted molar refractivity (Wildman–Crippen MR) is 73.2 cm³/mol. The van der Waals surface area contributed by atoms with Crippen LogP contribution in [0.1, 0.15) is 11.4 Å². The molecule has 0 aliphatic heterocycles. The van der Waals surface area contributed by atoms with Crippen LogP contribution in [0.3, 0.4) is 0 Å². The summed E-state index contributed by atoms with van der Waals surface area (Å²) in [6, 6.07) is 9.76. The summed E-state index contributed by atoms with van der Waals surface area (Å²) in [6.45, 7) is 2.50. The Morgan fingerprint density at radius 2 is 2.06 bits per heavy atom. The molecule has 1 aromatic carbocycles. The SMILES string of the molecule is Cc1nc(Cl)cc(NCc2ccccc2Br)n1. The first-order chi connectivity index (χ1) is 8.15. The summed E-state index contributed by atoms with van der Waals surface area (Å²) in [4.78, 5) is 8.27. The van der Waals surface area contributed by atoms with Crippen molar-refractivity contribution in [3.63, 3.8) is 0 Å². The highest BCUT2D eigenvalue weighted by Gasteiger charge is 2.01.